The van der Waals surface area contributed by atoms with E-state index in [0.717, 1.165) is 30.6 Å². The fourth-order valence-corrected chi connectivity index (χ4v) is 3.03. The Hall–Kier alpha value is -1.62. The predicted molar refractivity (Wildman–Crippen MR) is 80.7 cm³/mol. The average molecular weight is 276 g/mol. The average Bonchev–Trinajstić information content (AvgIpc) is 2.35. The van der Waals surface area contributed by atoms with Crippen LogP contribution in [0.1, 0.15) is 47.3 Å². The van der Waals surface area contributed by atoms with Gasteiger partial charge in [0.25, 0.3) is 5.91 Å². The summed E-state index contributed by atoms with van der Waals surface area (Å²) in [5.74, 6) is 0.717. The van der Waals surface area contributed by atoms with Gasteiger partial charge in [-0.25, -0.2) is 4.98 Å². The van der Waals surface area contributed by atoms with Crippen molar-refractivity contribution in [3.63, 3.8) is 0 Å². The molecule has 1 aliphatic rings. The molecule has 2 unspecified atom stereocenters. The van der Waals surface area contributed by atoms with Crippen LogP contribution in [0.15, 0.2) is 6.07 Å². The quantitative estimate of drug-likeness (QED) is 0.780. The molecule has 5 nitrogen and oxygen atoms in total. The number of nitrogens with zero attached hydrogens (tertiary/aromatic N) is 1. The molecule has 5 heteroatoms. The summed E-state index contributed by atoms with van der Waals surface area (Å²) in [4.78, 5) is 16.0. The molecular weight excluding hydrogens is 252 g/mol. The molecule has 1 fully saturated rings. The topological polar surface area (TPSA) is 94.0 Å². The Balaban J connectivity index is 2.10. The van der Waals surface area contributed by atoms with Crippen molar-refractivity contribution in [2.75, 3.05) is 11.9 Å². The lowest BCUT2D eigenvalue weighted by Crippen LogP contribution is -2.31. The molecule has 1 aliphatic carbocycles. The second-order valence-corrected chi connectivity index (χ2v) is 5.84. The number of hydrogen-bond acceptors (Lipinski definition) is 4. The van der Waals surface area contributed by atoms with Crippen molar-refractivity contribution < 1.29 is 4.79 Å². The third-order valence-corrected chi connectivity index (χ3v) is 3.97. The maximum atomic E-state index is 11.6. The van der Waals surface area contributed by atoms with Gasteiger partial charge in [0, 0.05) is 18.3 Å². The monoisotopic (exact) mass is 276 g/mol. The highest BCUT2D eigenvalue weighted by Gasteiger charge is 2.20. The van der Waals surface area contributed by atoms with Crippen molar-refractivity contribution in [3.05, 3.63) is 22.9 Å². The summed E-state index contributed by atoms with van der Waals surface area (Å²) in [7, 11) is 0. The highest BCUT2D eigenvalue weighted by molar-refractivity contribution is 5.99. The van der Waals surface area contributed by atoms with Crippen molar-refractivity contribution in [1.29, 1.82) is 0 Å². The molecule has 1 aromatic rings. The normalized spacial score (nSPS) is 22.6. The summed E-state index contributed by atoms with van der Waals surface area (Å²) in [6, 6.07) is 2.18. The fourth-order valence-electron chi connectivity index (χ4n) is 3.03. The first-order chi connectivity index (χ1) is 9.47. The first kappa shape index (κ1) is 14.8. The predicted octanol–water partition coefficient (Wildman–Crippen LogP) is 1.73. The van der Waals surface area contributed by atoms with E-state index >= 15 is 0 Å². The van der Waals surface area contributed by atoms with Crippen molar-refractivity contribution in [1.82, 2.24) is 4.98 Å². The minimum absolute atomic E-state index is 0.304. The van der Waals surface area contributed by atoms with Crippen LogP contribution in [0.3, 0.4) is 0 Å². The number of nitrogens with two attached hydrogens (primary N) is 2. The van der Waals surface area contributed by atoms with Gasteiger partial charge in [-0.15, -0.1) is 0 Å². The van der Waals surface area contributed by atoms with Crippen molar-refractivity contribution in [2.45, 2.75) is 45.6 Å². The molecule has 0 spiro atoms. The van der Waals surface area contributed by atoms with Gasteiger partial charge in [-0.05, 0) is 50.7 Å². The van der Waals surface area contributed by atoms with Gasteiger partial charge in [-0.1, -0.05) is 6.42 Å². The SMILES string of the molecule is Cc1cc(C)c(C(N)=O)c(NCC2CCCC(N)C2)n1. The lowest BCUT2D eigenvalue weighted by atomic mass is 9.86. The largest absolute Gasteiger partial charge is 0.369 e. The number of carbonyl (C=O) groups is 1. The molecule has 0 saturated heterocycles. The number of hydrogen-bond donors (Lipinski definition) is 3. The van der Waals surface area contributed by atoms with E-state index in [1.165, 1.54) is 12.8 Å². The van der Waals surface area contributed by atoms with Gasteiger partial charge >= 0.3 is 0 Å². The Bertz CT molecular complexity index is 501. The summed E-state index contributed by atoms with van der Waals surface area (Å²) in [6.45, 7) is 4.60. The molecule has 5 N–H and O–H groups in total. The van der Waals surface area contributed by atoms with Crippen LogP contribution in [0.2, 0.25) is 0 Å². The zero-order valence-corrected chi connectivity index (χ0v) is 12.3. The Kier molecular flexibility index (Phi) is 4.60. The maximum Gasteiger partial charge on any atom is 0.252 e. The summed E-state index contributed by atoms with van der Waals surface area (Å²) < 4.78 is 0. The first-order valence-electron chi connectivity index (χ1n) is 7.25. The van der Waals surface area contributed by atoms with Crippen LogP contribution in [-0.4, -0.2) is 23.5 Å². The van der Waals surface area contributed by atoms with Crippen LogP contribution >= 0.6 is 0 Å². The van der Waals surface area contributed by atoms with Gasteiger partial charge in [0.15, 0.2) is 0 Å². The van der Waals surface area contributed by atoms with Gasteiger partial charge < -0.3 is 16.8 Å². The van der Waals surface area contributed by atoms with Crippen molar-refractivity contribution in [2.24, 2.45) is 17.4 Å². The van der Waals surface area contributed by atoms with Gasteiger partial charge in [0.05, 0.1) is 5.56 Å². The molecular formula is C15H24N4O. The Labute approximate surface area is 120 Å². The molecule has 0 radical (unpaired) electrons. The fraction of sp³-hybridized carbons (Fsp3) is 0.600. The summed E-state index contributed by atoms with van der Waals surface area (Å²) in [6.07, 6.45) is 4.50. The Morgan fingerprint density at radius 1 is 1.45 bits per heavy atom. The van der Waals surface area contributed by atoms with E-state index in [1.807, 2.05) is 19.9 Å². The van der Waals surface area contributed by atoms with Crippen LogP contribution in [0.5, 0.6) is 0 Å². The lowest BCUT2D eigenvalue weighted by Gasteiger charge is -2.27. The molecule has 0 aliphatic heterocycles. The molecule has 20 heavy (non-hydrogen) atoms. The first-order valence-corrected chi connectivity index (χ1v) is 7.25. The Morgan fingerprint density at radius 3 is 2.85 bits per heavy atom. The van der Waals surface area contributed by atoms with Crippen LogP contribution < -0.4 is 16.8 Å². The number of nitrogens with one attached hydrogen (secondary N) is 1. The third kappa shape index (κ3) is 3.48. The zero-order chi connectivity index (χ0) is 14.7. The van der Waals surface area contributed by atoms with Crippen LogP contribution in [0, 0.1) is 19.8 Å². The second-order valence-electron chi connectivity index (χ2n) is 5.84. The lowest BCUT2D eigenvalue weighted by molar-refractivity contribution is 0.1000. The van der Waals surface area contributed by atoms with E-state index in [0.29, 0.717) is 23.3 Å². The third-order valence-electron chi connectivity index (χ3n) is 3.97. The number of carbonyl (C=O) groups excluding carboxylic acids is 1. The number of rotatable bonds is 4. The van der Waals surface area contributed by atoms with E-state index in [2.05, 4.69) is 10.3 Å². The molecule has 2 atom stereocenters. The molecule has 110 valence electrons. The summed E-state index contributed by atoms with van der Waals surface area (Å²) >= 11 is 0. The number of aromatic nitrogens is 1. The van der Waals surface area contributed by atoms with Crippen molar-refractivity contribution >= 4 is 11.7 Å². The molecule has 1 heterocycles. The molecule has 0 aromatic carbocycles. The van der Waals surface area contributed by atoms with Gasteiger partial charge in [-0.2, -0.15) is 0 Å². The van der Waals surface area contributed by atoms with Gasteiger partial charge in [0.2, 0.25) is 0 Å². The number of pyridine rings is 1. The van der Waals surface area contributed by atoms with E-state index in [9.17, 15) is 4.79 Å². The molecule has 2 rings (SSSR count). The smallest absolute Gasteiger partial charge is 0.252 e. The highest BCUT2D eigenvalue weighted by Crippen LogP contribution is 2.24. The Morgan fingerprint density at radius 2 is 2.20 bits per heavy atom. The maximum absolute atomic E-state index is 11.6. The van der Waals surface area contributed by atoms with E-state index in [1.54, 1.807) is 0 Å². The number of amides is 1. The summed E-state index contributed by atoms with van der Waals surface area (Å²) in [5, 5.41) is 3.30. The highest BCUT2D eigenvalue weighted by atomic mass is 16.1. The number of primary amides is 1. The molecule has 1 amide bonds. The van der Waals surface area contributed by atoms with Gasteiger partial charge in [-0.3, -0.25) is 4.79 Å². The number of aryl methyl sites for hydroxylation is 2. The van der Waals surface area contributed by atoms with E-state index < -0.39 is 5.91 Å². The number of anilines is 1. The van der Waals surface area contributed by atoms with Gasteiger partial charge in [0.1, 0.15) is 5.82 Å². The van der Waals surface area contributed by atoms with E-state index in [-0.39, 0.29) is 0 Å². The van der Waals surface area contributed by atoms with Crippen LogP contribution in [0.25, 0.3) is 0 Å². The molecule has 1 saturated carbocycles. The minimum atomic E-state index is -0.433. The van der Waals surface area contributed by atoms with E-state index in [4.69, 9.17) is 11.5 Å². The molecule has 1 aromatic heterocycles. The van der Waals surface area contributed by atoms with Crippen LogP contribution in [-0.2, 0) is 0 Å². The zero-order valence-electron chi connectivity index (χ0n) is 12.3. The standard InChI is InChI=1S/C15H24N4O/c1-9-6-10(2)19-15(13(9)14(17)20)18-8-11-4-3-5-12(16)7-11/h6,11-12H,3-5,7-8,16H2,1-2H3,(H2,17,20)(H,18,19). The van der Waals surface area contributed by atoms with Crippen LogP contribution in [0.4, 0.5) is 5.82 Å². The van der Waals surface area contributed by atoms with Crippen molar-refractivity contribution in [3.8, 4) is 0 Å². The second kappa shape index (κ2) is 6.22. The summed E-state index contributed by atoms with van der Waals surface area (Å²) in [5.41, 5.74) is 13.7. The molecule has 0 bridgehead atoms. The minimum Gasteiger partial charge on any atom is -0.369 e.